The summed E-state index contributed by atoms with van der Waals surface area (Å²) in [5.41, 5.74) is 1.08. The standard InChI is InChI=1S/C9H20.C4H7N3/c1-3-5-7-9-8-6-4-2;1-4-3-5-6-7(4)2/h3-9H2,1-2H3;3H,1-2H3. The second kappa shape index (κ2) is 10.7. The van der Waals surface area contributed by atoms with Crippen molar-refractivity contribution in [2.24, 2.45) is 7.05 Å². The second-order valence-corrected chi connectivity index (χ2v) is 4.27. The number of hydrogen-bond donors (Lipinski definition) is 0. The average molecular weight is 225 g/mol. The highest BCUT2D eigenvalue weighted by Gasteiger charge is 1.86. The summed E-state index contributed by atoms with van der Waals surface area (Å²) in [5, 5.41) is 7.32. The number of hydrogen-bond acceptors (Lipinski definition) is 2. The number of nitrogens with zero attached hydrogens (tertiary/aromatic N) is 3. The Morgan fingerprint density at radius 2 is 1.50 bits per heavy atom. The highest BCUT2D eigenvalue weighted by molar-refractivity contribution is 4.86. The lowest BCUT2D eigenvalue weighted by Gasteiger charge is -1.96. The zero-order valence-corrected chi connectivity index (χ0v) is 11.4. The van der Waals surface area contributed by atoms with E-state index in [1.807, 2.05) is 14.0 Å². The van der Waals surface area contributed by atoms with E-state index in [0.717, 1.165) is 5.69 Å². The molecule has 0 aliphatic carbocycles. The van der Waals surface area contributed by atoms with Gasteiger partial charge in [-0.1, -0.05) is 64.0 Å². The lowest BCUT2D eigenvalue weighted by molar-refractivity contribution is 0.602. The first kappa shape index (κ1) is 15.1. The number of unbranched alkanes of at least 4 members (excludes halogenated alkanes) is 6. The van der Waals surface area contributed by atoms with Crippen molar-refractivity contribution in [3.8, 4) is 0 Å². The van der Waals surface area contributed by atoms with Crippen molar-refractivity contribution < 1.29 is 0 Å². The van der Waals surface area contributed by atoms with Crippen molar-refractivity contribution in [2.75, 3.05) is 0 Å². The molecule has 0 aromatic carbocycles. The predicted octanol–water partition coefficient (Wildman–Crippen LogP) is 3.88. The van der Waals surface area contributed by atoms with Crippen LogP contribution in [0.2, 0.25) is 0 Å². The van der Waals surface area contributed by atoms with Gasteiger partial charge in [-0.25, -0.2) is 0 Å². The maximum absolute atomic E-state index is 3.68. The summed E-state index contributed by atoms with van der Waals surface area (Å²) < 4.78 is 1.72. The molecule has 0 aliphatic heterocycles. The van der Waals surface area contributed by atoms with Crippen LogP contribution in [0, 0.1) is 6.92 Å². The Balaban J connectivity index is 0.000000288. The molecule has 16 heavy (non-hydrogen) atoms. The first-order valence-electron chi connectivity index (χ1n) is 6.53. The summed E-state index contributed by atoms with van der Waals surface area (Å²) in [6.07, 6.45) is 11.7. The van der Waals surface area contributed by atoms with Crippen molar-refractivity contribution in [2.45, 2.75) is 65.7 Å². The van der Waals surface area contributed by atoms with E-state index in [1.54, 1.807) is 10.9 Å². The van der Waals surface area contributed by atoms with Gasteiger partial charge in [0, 0.05) is 7.05 Å². The molecular formula is C13H27N3. The molecule has 0 N–H and O–H groups in total. The largest absolute Gasteiger partial charge is 0.253 e. The molecule has 0 spiro atoms. The van der Waals surface area contributed by atoms with Crippen molar-refractivity contribution in [1.82, 2.24) is 15.0 Å². The molecule has 0 saturated carbocycles. The van der Waals surface area contributed by atoms with Crippen LogP contribution in [-0.4, -0.2) is 15.0 Å². The van der Waals surface area contributed by atoms with Gasteiger partial charge in [0.2, 0.25) is 0 Å². The zero-order valence-electron chi connectivity index (χ0n) is 11.4. The molecule has 3 heteroatoms. The molecule has 0 radical (unpaired) electrons. The van der Waals surface area contributed by atoms with Crippen molar-refractivity contribution >= 4 is 0 Å². The molecule has 0 unspecified atom stereocenters. The monoisotopic (exact) mass is 225 g/mol. The third-order valence-corrected chi connectivity index (χ3v) is 2.65. The van der Waals surface area contributed by atoms with E-state index in [1.165, 1.54) is 44.9 Å². The zero-order chi connectivity index (χ0) is 12.2. The first-order valence-corrected chi connectivity index (χ1v) is 6.53. The summed E-state index contributed by atoms with van der Waals surface area (Å²) in [5.74, 6) is 0. The number of aromatic nitrogens is 3. The molecular weight excluding hydrogens is 198 g/mol. The highest BCUT2D eigenvalue weighted by Crippen LogP contribution is 2.05. The fraction of sp³-hybridized carbons (Fsp3) is 0.846. The minimum Gasteiger partial charge on any atom is -0.253 e. The molecule has 1 rings (SSSR count). The van der Waals surface area contributed by atoms with Crippen molar-refractivity contribution in [3.63, 3.8) is 0 Å². The fourth-order valence-corrected chi connectivity index (χ4v) is 1.37. The first-order chi connectivity index (χ1) is 7.72. The van der Waals surface area contributed by atoms with Gasteiger partial charge < -0.3 is 0 Å². The van der Waals surface area contributed by atoms with Crippen LogP contribution in [0.5, 0.6) is 0 Å². The molecule has 94 valence electrons. The fourth-order valence-electron chi connectivity index (χ4n) is 1.37. The van der Waals surface area contributed by atoms with Gasteiger partial charge in [-0.15, -0.1) is 5.10 Å². The molecule has 0 fully saturated rings. The van der Waals surface area contributed by atoms with Crippen LogP contribution >= 0.6 is 0 Å². The van der Waals surface area contributed by atoms with E-state index < -0.39 is 0 Å². The molecule has 1 aromatic rings. The van der Waals surface area contributed by atoms with E-state index in [-0.39, 0.29) is 0 Å². The second-order valence-electron chi connectivity index (χ2n) is 4.27. The van der Waals surface area contributed by atoms with Crippen LogP contribution in [0.25, 0.3) is 0 Å². The molecule has 1 heterocycles. The third kappa shape index (κ3) is 8.45. The lowest BCUT2D eigenvalue weighted by Crippen LogP contribution is -1.91. The Morgan fingerprint density at radius 1 is 1.00 bits per heavy atom. The smallest absolute Gasteiger partial charge is 0.0722 e. The quantitative estimate of drug-likeness (QED) is 0.688. The topological polar surface area (TPSA) is 30.7 Å². The summed E-state index contributed by atoms with van der Waals surface area (Å²) in [7, 11) is 1.86. The van der Waals surface area contributed by atoms with Gasteiger partial charge >= 0.3 is 0 Å². The minimum absolute atomic E-state index is 1.08. The Labute approximate surface area is 100 Å². The predicted molar refractivity (Wildman–Crippen MR) is 69.4 cm³/mol. The van der Waals surface area contributed by atoms with Crippen molar-refractivity contribution in [3.05, 3.63) is 11.9 Å². The Bertz CT molecular complexity index is 221. The average Bonchev–Trinajstić information content (AvgIpc) is 2.64. The normalized spacial score (nSPS) is 9.75. The maximum atomic E-state index is 3.68. The Kier molecular flexibility index (Phi) is 10.1. The van der Waals surface area contributed by atoms with Crippen LogP contribution in [0.15, 0.2) is 6.20 Å². The van der Waals surface area contributed by atoms with E-state index in [4.69, 9.17) is 0 Å². The summed E-state index contributed by atoms with van der Waals surface area (Å²) in [6, 6.07) is 0. The minimum atomic E-state index is 1.08. The van der Waals surface area contributed by atoms with E-state index >= 15 is 0 Å². The summed E-state index contributed by atoms with van der Waals surface area (Å²) in [6.45, 7) is 6.49. The molecule has 0 saturated heterocycles. The molecule has 0 aliphatic rings. The Morgan fingerprint density at radius 3 is 1.75 bits per heavy atom. The lowest BCUT2D eigenvalue weighted by atomic mass is 10.1. The molecule has 0 bridgehead atoms. The highest BCUT2D eigenvalue weighted by atomic mass is 15.4. The summed E-state index contributed by atoms with van der Waals surface area (Å²) >= 11 is 0. The van der Waals surface area contributed by atoms with E-state index in [2.05, 4.69) is 24.2 Å². The van der Waals surface area contributed by atoms with Crippen LogP contribution in [0.3, 0.4) is 0 Å². The van der Waals surface area contributed by atoms with Crippen LogP contribution in [-0.2, 0) is 7.05 Å². The molecule has 3 nitrogen and oxygen atoms in total. The van der Waals surface area contributed by atoms with Gasteiger partial charge in [0.05, 0.1) is 11.9 Å². The Hall–Kier alpha value is -0.860. The van der Waals surface area contributed by atoms with Gasteiger partial charge in [-0.3, -0.25) is 4.68 Å². The SMILES string of the molecule is CCCCCCCCC.Cc1cnnn1C. The maximum Gasteiger partial charge on any atom is 0.0722 e. The molecule has 1 aromatic heterocycles. The van der Waals surface area contributed by atoms with Crippen LogP contribution in [0.4, 0.5) is 0 Å². The van der Waals surface area contributed by atoms with Gasteiger partial charge in [0.1, 0.15) is 0 Å². The van der Waals surface area contributed by atoms with Gasteiger partial charge in [0.15, 0.2) is 0 Å². The van der Waals surface area contributed by atoms with Crippen molar-refractivity contribution in [1.29, 1.82) is 0 Å². The third-order valence-electron chi connectivity index (χ3n) is 2.65. The van der Waals surface area contributed by atoms with Gasteiger partial charge in [-0.2, -0.15) is 0 Å². The van der Waals surface area contributed by atoms with E-state index in [9.17, 15) is 0 Å². The van der Waals surface area contributed by atoms with Crippen LogP contribution in [0.1, 0.15) is 64.5 Å². The number of aryl methyl sites for hydroxylation is 2. The van der Waals surface area contributed by atoms with Crippen LogP contribution < -0.4 is 0 Å². The van der Waals surface area contributed by atoms with E-state index in [0.29, 0.717) is 0 Å². The van der Waals surface area contributed by atoms with Gasteiger partial charge in [-0.05, 0) is 6.92 Å². The van der Waals surface area contributed by atoms with Gasteiger partial charge in [0.25, 0.3) is 0 Å². The number of rotatable bonds is 6. The molecule has 0 atom stereocenters. The summed E-state index contributed by atoms with van der Waals surface area (Å²) in [4.78, 5) is 0. The molecule has 0 amide bonds.